The number of amides is 1. The Hall–Kier alpha value is -2.31. The number of nitrogens with zero attached hydrogens (tertiary/aromatic N) is 1. The summed E-state index contributed by atoms with van der Waals surface area (Å²) in [5.74, 6) is 1.47. The highest BCUT2D eigenvalue weighted by molar-refractivity contribution is 7.10. The lowest BCUT2D eigenvalue weighted by Crippen LogP contribution is -2.28. The Morgan fingerprint density at radius 3 is 2.71 bits per heavy atom. The molecule has 0 bridgehead atoms. The molecule has 5 nitrogen and oxygen atoms in total. The molecule has 1 aliphatic rings. The zero-order valence-electron chi connectivity index (χ0n) is 16.1. The SMILES string of the molecule is O=C(COc1ccccc1)NC/C=C/COc1csc(CN2CCCCC2)c1. The molecule has 2 aromatic rings. The molecule has 6 heteroatoms. The number of likely N-dealkylation sites (tertiary alicyclic amines) is 1. The molecule has 1 saturated heterocycles. The molecule has 0 atom stereocenters. The van der Waals surface area contributed by atoms with Crippen LogP contribution in [-0.4, -0.2) is 43.7 Å². The van der Waals surface area contributed by atoms with Gasteiger partial charge in [0.1, 0.15) is 18.1 Å². The van der Waals surface area contributed by atoms with Crippen molar-refractivity contribution in [1.82, 2.24) is 10.2 Å². The molecule has 150 valence electrons. The first kappa shape index (κ1) is 20.4. The van der Waals surface area contributed by atoms with Crippen molar-refractivity contribution >= 4 is 17.2 Å². The summed E-state index contributed by atoms with van der Waals surface area (Å²) < 4.78 is 11.2. The highest BCUT2D eigenvalue weighted by Gasteiger charge is 2.11. The molecule has 1 amide bonds. The summed E-state index contributed by atoms with van der Waals surface area (Å²) in [6.07, 6.45) is 7.80. The number of carbonyl (C=O) groups excluding carboxylic acids is 1. The highest BCUT2D eigenvalue weighted by Crippen LogP contribution is 2.24. The van der Waals surface area contributed by atoms with E-state index in [4.69, 9.17) is 9.47 Å². The van der Waals surface area contributed by atoms with E-state index in [1.807, 2.05) is 42.5 Å². The van der Waals surface area contributed by atoms with Gasteiger partial charge < -0.3 is 14.8 Å². The first-order chi connectivity index (χ1) is 13.8. The van der Waals surface area contributed by atoms with Crippen LogP contribution in [0.2, 0.25) is 0 Å². The predicted molar refractivity (Wildman–Crippen MR) is 113 cm³/mol. The van der Waals surface area contributed by atoms with Gasteiger partial charge >= 0.3 is 0 Å². The zero-order valence-corrected chi connectivity index (χ0v) is 17.0. The highest BCUT2D eigenvalue weighted by atomic mass is 32.1. The van der Waals surface area contributed by atoms with Gasteiger partial charge in [0.05, 0.1) is 0 Å². The van der Waals surface area contributed by atoms with Crippen LogP contribution in [0.5, 0.6) is 11.5 Å². The summed E-state index contributed by atoms with van der Waals surface area (Å²) in [6.45, 7) is 4.42. The molecule has 1 aromatic heterocycles. The fourth-order valence-corrected chi connectivity index (χ4v) is 3.89. The molecule has 0 unspecified atom stereocenters. The third kappa shape index (κ3) is 7.37. The smallest absolute Gasteiger partial charge is 0.258 e. The molecular formula is C22H28N2O3S. The summed E-state index contributed by atoms with van der Waals surface area (Å²) in [4.78, 5) is 15.6. The minimum atomic E-state index is -0.144. The summed E-state index contributed by atoms with van der Waals surface area (Å²) >= 11 is 1.76. The molecule has 1 fully saturated rings. The summed E-state index contributed by atoms with van der Waals surface area (Å²) in [7, 11) is 0. The molecule has 0 saturated carbocycles. The van der Waals surface area contributed by atoms with Crippen molar-refractivity contribution in [3.8, 4) is 11.5 Å². The van der Waals surface area contributed by atoms with Gasteiger partial charge in [-0.3, -0.25) is 9.69 Å². The van der Waals surface area contributed by atoms with Gasteiger partial charge in [-0.2, -0.15) is 0 Å². The monoisotopic (exact) mass is 400 g/mol. The molecule has 3 rings (SSSR count). The van der Waals surface area contributed by atoms with E-state index in [1.54, 1.807) is 11.3 Å². The van der Waals surface area contributed by atoms with Gasteiger partial charge in [-0.1, -0.05) is 30.7 Å². The first-order valence-corrected chi connectivity index (χ1v) is 10.7. The third-order valence-electron chi connectivity index (χ3n) is 4.50. The average molecular weight is 401 g/mol. The van der Waals surface area contributed by atoms with Crippen LogP contribution in [0.3, 0.4) is 0 Å². The Labute approximate surface area is 171 Å². The van der Waals surface area contributed by atoms with Crippen molar-refractivity contribution in [2.45, 2.75) is 25.8 Å². The van der Waals surface area contributed by atoms with Crippen molar-refractivity contribution in [1.29, 1.82) is 0 Å². The lowest BCUT2D eigenvalue weighted by molar-refractivity contribution is -0.122. The van der Waals surface area contributed by atoms with Crippen LogP contribution in [0.1, 0.15) is 24.1 Å². The van der Waals surface area contributed by atoms with Crippen molar-refractivity contribution in [2.24, 2.45) is 0 Å². The van der Waals surface area contributed by atoms with E-state index in [0.29, 0.717) is 18.9 Å². The summed E-state index contributed by atoms with van der Waals surface area (Å²) in [6, 6.07) is 11.4. The van der Waals surface area contributed by atoms with Crippen LogP contribution < -0.4 is 14.8 Å². The largest absolute Gasteiger partial charge is 0.489 e. The van der Waals surface area contributed by atoms with Gasteiger partial charge in [0.2, 0.25) is 0 Å². The van der Waals surface area contributed by atoms with E-state index in [1.165, 1.54) is 37.2 Å². The van der Waals surface area contributed by atoms with E-state index < -0.39 is 0 Å². The van der Waals surface area contributed by atoms with E-state index in [9.17, 15) is 4.79 Å². The van der Waals surface area contributed by atoms with Gasteiger partial charge in [-0.15, -0.1) is 11.3 Å². The maximum atomic E-state index is 11.7. The molecule has 1 N–H and O–H groups in total. The van der Waals surface area contributed by atoms with Gasteiger partial charge in [-0.05, 0) is 50.2 Å². The van der Waals surface area contributed by atoms with Gasteiger partial charge in [0.25, 0.3) is 5.91 Å². The number of para-hydroxylation sites is 1. The minimum absolute atomic E-state index is 0.0169. The number of rotatable bonds is 10. The Balaban J connectivity index is 1.26. The maximum Gasteiger partial charge on any atom is 0.258 e. The number of ether oxygens (including phenoxy) is 2. The van der Waals surface area contributed by atoms with Crippen LogP contribution in [0.25, 0.3) is 0 Å². The topological polar surface area (TPSA) is 50.8 Å². The fourth-order valence-electron chi connectivity index (χ4n) is 3.04. The van der Waals surface area contributed by atoms with Crippen LogP contribution >= 0.6 is 11.3 Å². The second-order valence-corrected chi connectivity index (χ2v) is 7.77. The molecule has 0 radical (unpaired) electrons. The fraction of sp³-hybridized carbons (Fsp3) is 0.409. The molecule has 1 aliphatic heterocycles. The Kier molecular flexibility index (Phi) is 8.40. The molecule has 0 aliphatic carbocycles. The Bertz CT molecular complexity index is 739. The number of thiophene rings is 1. The Morgan fingerprint density at radius 2 is 1.89 bits per heavy atom. The van der Waals surface area contributed by atoms with E-state index in [2.05, 4.69) is 21.7 Å². The van der Waals surface area contributed by atoms with E-state index in [0.717, 1.165) is 12.3 Å². The zero-order chi connectivity index (χ0) is 19.4. The van der Waals surface area contributed by atoms with Crippen molar-refractivity contribution in [3.05, 3.63) is 58.8 Å². The van der Waals surface area contributed by atoms with E-state index >= 15 is 0 Å². The number of benzene rings is 1. The number of nitrogens with one attached hydrogen (secondary N) is 1. The standard InChI is InChI=1S/C22H28N2O3S/c25-22(17-27-19-9-3-1-4-10-19)23-11-5-8-14-26-20-15-21(28-18-20)16-24-12-6-2-7-13-24/h1,3-5,8-10,15,18H,2,6-7,11-14,16-17H2,(H,23,25)/b8-5+. The van der Waals surface area contributed by atoms with E-state index in [-0.39, 0.29) is 12.5 Å². The van der Waals surface area contributed by atoms with Crippen LogP contribution in [-0.2, 0) is 11.3 Å². The Morgan fingerprint density at radius 1 is 1.07 bits per heavy atom. The molecular weight excluding hydrogens is 372 g/mol. The minimum Gasteiger partial charge on any atom is -0.489 e. The molecule has 28 heavy (non-hydrogen) atoms. The maximum absolute atomic E-state index is 11.7. The molecule has 1 aromatic carbocycles. The van der Waals surface area contributed by atoms with Gasteiger partial charge in [0.15, 0.2) is 6.61 Å². The van der Waals surface area contributed by atoms with Crippen molar-refractivity contribution < 1.29 is 14.3 Å². The van der Waals surface area contributed by atoms with Crippen molar-refractivity contribution in [3.63, 3.8) is 0 Å². The molecule has 2 heterocycles. The summed E-state index contributed by atoms with van der Waals surface area (Å²) in [5, 5.41) is 4.86. The van der Waals surface area contributed by atoms with Gasteiger partial charge in [-0.25, -0.2) is 0 Å². The second-order valence-electron chi connectivity index (χ2n) is 6.77. The molecule has 0 spiro atoms. The van der Waals surface area contributed by atoms with Gasteiger partial charge in [0, 0.05) is 23.3 Å². The van der Waals surface area contributed by atoms with Crippen LogP contribution in [0.15, 0.2) is 53.9 Å². The number of carbonyl (C=O) groups is 1. The number of piperidine rings is 1. The quantitative estimate of drug-likeness (QED) is 0.615. The second kappa shape index (κ2) is 11.5. The van der Waals surface area contributed by atoms with Crippen LogP contribution in [0.4, 0.5) is 0 Å². The number of hydrogen-bond donors (Lipinski definition) is 1. The third-order valence-corrected chi connectivity index (χ3v) is 5.40. The lowest BCUT2D eigenvalue weighted by atomic mass is 10.1. The van der Waals surface area contributed by atoms with Crippen LogP contribution in [0, 0.1) is 0 Å². The lowest BCUT2D eigenvalue weighted by Gasteiger charge is -2.25. The summed E-state index contributed by atoms with van der Waals surface area (Å²) in [5.41, 5.74) is 0. The van der Waals surface area contributed by atoms with Crippen molar-refractivity contribution in [2.75, 3.05) is 32.8 Å². The normalized spacial score (nSPS) is 14.9. The predicted octanol–water partition coefficient (Wildman–Crippen LogP) is 3.86. The average Bonchev–Trinajstić information content (AvgIpc) is 3.17. The first-order valence-electron chi connectivity index (χ1n) is 9.82. The number of hydrogen-bond acceptors (Lipinski definition) is 5.